The van der Waals surface area contributed by atoms with Gasteiger partial charge in [0.2, 0.25) is 11.8 Å². The van der Waals surface area contributed by atoms with E-state index < -0.39 is 0 Å². The fourth-order valence-electron chi connectivity index (χ4n) is 4.29. The molecular formula is C24H29N3O3. The molecule has 2 heterocycles. The number of piperazine rings is 1. The number of amides is 2. The lowest BCUT2D eigenvalue weighted by molar-refractivity contribution is -0.137. The van der Waals surface area contributed by atoms with E-state index in [9.17, 15) is 9.59 Å². The number of para-hydroxylation sites is 2. The standard InChI is InChI=1S/C24H29N3O3/c1-2-30-22-11-7-6-10-21(22)27-18-20(16-23(27)28)24(29)26-14-12-25(13-15-26)17-19-8-4-3-5-9-19/h3-11,20H,2,12-18H2,1H3. The number of anilines is 1. The summed E-state index contributed by atoms with van der Waals surface area (Å²) >= 11 is 0. The highest BCUT2D eigenvalue weighted by Crippen LogP contribution is 2.33. The highest BCUT2D eigenvalue weighted by atomic mass is 16.5. The van der Waals surface area contributed by atoms with Crippen LogP contribution in [0.25, 0.3) is 0 Å². The minimum Gasteiger partial charge on any atom is -0.492 e. The molecule has 30 heavy (non-hydrogen) atoms. The van der Waals surface area contributed by atoms with Crippen molar-refractivity contribution in [3.8, 4) is 5.75 Å². The van der Waals surface area contributed by atoms with E-state index in [4.69, 9.17) is 4.74 Å². The van der Waals surface area contributed by atoms with Crippen LogP contribution >= 0.6 is 0 Å². The first kappa shape index (κ1) is 20.4. The Morgan fingerprint density at radius 2 is 1.70 bits per heavy atom. The van der Waals surface area contributed by atoms with Crippen LogP contribution in [0, 0.1) is 5.92 Å². The molecule has 6 nitrogen and oxygen atoms in total. The summed E-state index contributed by atoms with van der Waals surface area (Å²) in [4.78, 5) is 31.8. The summed E-state index contributed by atoms with van der Waals surface area (Å²) in [5.41, 5.74) is 2.05. The molecule has 2 aromatic carbocycles. The number of ether oxygens (including phenoxy) is 1. The molecule has 6 heteroatoms. The Labute approximate surface area is 178 Å². The number of hydrogen-bond acceptors (Lipinski definition) is 4. The highest BCUT2D eigenvalue weighted by molar-refractivity contribution is 6.01. The first-order chi connectivity index (χ1) is 14.7. The maximum absolute atomic E-state index is 13.1. The predicted octanol–water partition coefficient (Wildman–Crippen LogP) is 2.78. The van der Waals surface area contributed by atoms with E-state index >= 15 is 0 Å². The fraction of sp³-hybridized carbons (Fsp3) is 0.417. The molecule has 0 spiro atoms. The summed E-state index contributed by atoms with van der Waals surface area (Å²) in [6.45, 7) is 6.94. The molecule has 0 bridgehead atoms. The van der Waals surface area contributed by atoms with Crippen LogP contribution in [0.5, 0.6) is 5.75 Å². The van der Waals surface area contributed by atoms with Crippen molar-refractivity contribution in [2.24, 2.45) is 5.92 Å². The Kier molecular flexibility index (Phi) is 6.33. The molecule has 2 aliphatic heterocycles. The first-order valence-corrected chi connectivity index (χ1v) is 10.7. The number of carbonyl (C=O) groups excluding carboxylic acids is 2. The van der Waals surface area contributed by atoms with E-state index in [-0.39, 0.29) is 24.2 Å². The van der Waals surface area contributed by atoms with Crippen LogP contribution in [0.1, 0.15) is 18.9 Å². The average molecular weight is 408 g/mol. The number of carbonyl (C=O) groups is 2. The van der Waals surface area contributed by atoms with Gasteiger partial charge in [-0.05, 0) is 24.6 Å². The minimum absolute atomic E-state index is 0.0109. The van der Waals surface area contributed by atoms with E-state index in [1.807, 2.05) is 42.2 Å². The Hall–Kier alpha value is -2.86. The van der Waals surface area contributed by atoms with Gasteiger partial charge in [0, 0.05) is 45.7 Å². The van der Waals surface area contributed by atoms with Crippen LogP contribution in [0.15, 0.2) is 54.6 Å². The molecule has 0 aliphatic carbocycles. The monoisotopic (exact) mass is 407 g/mol. The van der Waals surface area contributed by atoms with Crippen molar-refractivity contribution in [1.29, 1.82) is 0 Å². The first-order valence-electron chi connectivity index (χ1n) is 10.7. The largest absolute Gasteiger partial charge is 0.492 e. The molecule has 4 rings (SSSR count). The lowest BCUT2D eigenvalue weighted by Crippen LogP contribution is -2.50. The molecule has 2 aromatic rings. The Balaban J connectivity index is 1.34. The van der Waals surface area contributed by atoms with Crippen molar-refractivity contribution in [2.75, 3.05) is 44.2 Å². The highest BCUT2D eigenvalue weighted by Gasteiger charge is 2.38. The minimum atomic E-state index is -0.284. The van der Waals surface area contributed by atoms with Gasteiger partial charge in [0.25, 0.3) is 0 Å². The summed E-state index contributed by atoms with van der Waals surface area (Å²) in [5.74, 6) is 0.492. The molecule has 2 fully saturated rings. The normalized spacial score (nSPS) is 19.9. The van der Waals surface area contributed by atoms with E-state index in [1.165, 1.54) is 5.56 Å². The third kappa shape index (κ3) is 4.49. The van der Waals surface area contributed by atoms with Crippen LogP contribution < -0.4 is 9.64 Å². The van der Waals surface area contributed by atoms with Crippen molar-refractivity contribution in [3.63, 3.8) is 0 Å². The Morgan fingerprint density at radius 1 is 1.00 bits per heavy atom. The van der Waals surface area contributed by atoms with Gasteiger partial charge in [-0.1, -0.05) is 42.5 Å². The van der Waals surface area contributed by atoms with Crippen LogP contribution in [0.2, 0.25) is 0 Å². The number of benzene rings is 2. The van der Waals surface area contributed by atoms with Crippen LogP contribution in [-0.2, 0) is 16.1 Å². The number of nitrogens with zero attached hydrogens (tertiary/aromatic N) is 3. The van der Waals surface area contributed by atoms with Gasteiger partial charge >= 0.3 is 0 Å². The van der Waals surface area contributed by atoms with Crippen molar-refractivity contribution in [1.82, 2.24) is 9.80 Å². The van der Waals surface area contributed by atoms with Crippen molar-refractivity contribution in [2.45, 2.75) is 19.9 Å². The van der Waals surface area contributed by atoms with Gasteiger partial charge in [-0.3, -0.25) is 14.5 Å². The summed E-state index contributed by atoms with van der Waals surface area (Å²) < 4.78 is 5.68. The van der Waals surface area contributed by atoms with E-state index in [2.05, 4.69) is 29.2 Å². The SMILES string of the molecule is CCOc1ccccc1N1CC(C(=O)N2CCN(Cc3ccccc3)CC2)CC1=O. The topological polar surface area (TPSA) is 53.1 Å². The smallest absolute Gasteiger partial charge is 0.228 e. The molecule has 0 radical (unpaired) electrons. The molecular weight excluding hydrogens is 378 g/mol. The molecule has 2 aliphatic rings. The van der Waals surface area contributed by atoms with Gasteiger partial charge < -0.3 is 14.5 Å². The van der Waals surface area contributed by atoms with Gasteiger partial charge in [-0.15, -0.1) is 0 Å². The third-order valence-corrected chi connectivity index (χ3v) is 5.86. The van der Waals surface area contributed by atoms with Gasteiger partial charge in [-0.2, -0.15) is 0 Å². The van der Waals surface area contributed by atoms with Crippen LogP contribution in [0.4, 0.5) is 5.69 Å². The summed E-state index contributed by atoms with van der Waals surface area (Å²) in [6, 6.07) is 18.0. The quantitative estimate of drug-likeness (QED) is 0.739. The van der Waals surface area contributed by atoms with Gasteiger partial charge in [0.05, 0.1) is 18.2 Å². The maximum atomic E-state index is 13.1. The zero-order chi connectivity index (χ0) is 20.9. The number of rotatable bonds is 6. The van der Waals surface area contributed by atoms with Crippen LogP contribution in [0.3, 0.4) is 0 Å². The third-order valence-electron chi connectivity index (χ3n) is 5.86. The lowest BCUT2D eigenvalue weighted by Gasteiger charge is -2.36. The molecule has 2 amide bonds. The second-order valence-electron chi connectivity index (χ2n) is 7.89. The van der Waals surface area contributed by atoms with Crippen molar-refractivity contribution in [3.05, 3.63) is 60.2 Å². The van der Waals surface area contributed by atoms with E-state index in [0.717, 1.165) is 25.3 Å². The maximum Gasteiger partial charge on any atom is 0.228 e. The van der Waals surface area contributed by atoms with Gasteiger partial charge in [-0.25, -0.2) is 0 Å². The van der Waals surface area contributed by atoms with Gasteiger partial charge in [0.1, 0.15) is 5.75 Å². The molecule has 1 atom stereocenters. The van der Waals surface area contributed by atoms with E-state index in [0.29, 0.717) is 32.0 Å². The molecule has 0 aromatic heterocycles. The zero-order valence-corrected chi connectivity index (χ0v) is 17.5. The summed E-state index contributed by atoms with van der Waals surface area (Å²) in [5, 5.41) is 0. The molecule has 0 N–H and O–H groups in total. The summed E-state index contributed by atoms with van der Waals surface area (Å²) in [6.07, 6.45) is 0.267. The van der Waals surface area contributed by atoms with E-state index in [1.54, 1.807) is 4.90 Å². The summed E-state index contributed by atoms with van der Waals surface area (Å²) in [7, 11) is 0. The molecule has 1 unspecified atom stereocenters. The molecule has 158 valence electrons. The lowest BCUT2D eigenvalue weighted by atomic mass is 10.1. The van der Waals surface area contributed by atoms with Crippen LogP contribution in [-0.4, -0.2) is 60.9 Å². The predicted molar refractivity (Wildman–Crippen MR) is 116 cm³/mol. The zero-order valence-electron chi connectivity index (χ0n) is 17.5. The van der Waals surface area contributed by atoms with Crippen molar-refractivity contribution >= 4 is 17.5 Å². The van der Waals surface area contributed by atoms with Gasteiger partial charge in [0.15, 0.2) is 0 Å². The number of hydrogen-bond donors (Lipinski definition) is 0. The second kappa shape index (κ2) is 9.30. The Bertz CT molecular complexity index is 878. The Morgan fingerprint density at radius 3 is 2.43 bits per heavy atom. The fourth-order valence-corrected chi connectivity index (χ4v) is 4.29. The van der Waals surface area contributed by atoms with Crippen molar-refractivity contribution < 1.29 is 14.3 Å². The average Bonchev–Trinajstić information content (AvgIpc) is 3.16. The molecule has 2 saturated heterocycles. The second-order valence-corrected chi connectivity index (χ2v) is 7.89. The molecule has 0 saturated carbocycles.